The molecule has 3 aromatic carbocycles. The van der Waals surface area contributed by atoms with Crippen molar-refractivity contribution in [3.63, 3.8) is 0 Å². The van der Waals surface area contributed by atoms with Crippen LogP contribution in [0.2, 0.25) is 0 Å². The second-order valence-corrected chi connectivity index (χ2v) is 18.9. The number of likely N-dealkylation sites (tertiary alicyclic amines) is 1. The molecule has 2 saturated carbocycles. The molecule has 0 radical (unpaired) electrons. The van der Waals surface area contributed by atoms with Gasteiger partial charge in [-0.15, -0.1) is 0 Å². The Morgan fingerprint density at radius 1 is 0.523 bits per heavy atom. The summed E-state index contributed by atoms with van der Waals surface area (Å²) in [6.45, 7) is 5.02. The zero-order valence-electron chi connectivity index (χ0n) is 38.6. The van der Waals surface area contributed by atoms with E-state index in [4.69, 9.17) is 0 Å². The molecule has 0 bridgehead atoms. The van der Waals surface area contributed by atoms with E-state index in [1.165, 1.54) is 75.8 Å². The fraction of sp³-hybridized carbons (Fsp3) is 0.547. The highest BCUT2D eigenvalue weighted by molar-refractivity contribution is 5.99. The normalized spacial score (nSPS) is 23.4. The predicted octanol–water partition coefficient (Wildman–Crippen LogP) is 7.21. The molecule has 65 heavy (non-hydrogen) atoms. The molecule has 7 atom stereocenters. The van der Waals surface area contributed by atoms with Gasteiger partial charge in [-0.25, -0.2) is 0 Å². The maximum Gasteiger partial charge on any atom is 0.253 e. The summed E-state index contributed by atoms with van der Waals surface area (Å²) in [5.41, 5.74) is 3.04. The van der Waals surface area contributed by atoms with E-state index < -0.39 is 17.9 Å². The lowest BCUT2D eigenvalue weighted by molar-refractivity contribution is -0.141. The molecule has 3 aromatic rings. The smallest absolute Gasteiger partial charge is 0.253 e. The highest BCUT2D eigenvalue weighted by atomic mass is 16.2. The Morgan fingerprint density at radius 3 is 1.43 bits per heavy atom. The van der Waals surface area contributed by atoms with Crippen molar-refractivity contribution in [3.05, 3.63) is 107 Å². The summed E-state index contributed by atoms with van der Waals surface area (Å²) < 4.78 is 0. The highest BCUT2D eigenvalue weighted by Gasteiger charge is 2.49. The van der Waals surface area contributed by atoms with Crippen LogP contribution in [-0.4, -0.2) is 108 Å². The molecular weight excluding hydrogens is 817 g/mol. The second-order valence-electron chi connectivity index (χ2n) is 18.9. The van der Waals surface area contributed by atoms with Crippen LogP contribution in [0.15, 0.2) is 84.9 Å². The minimum atomic E-state index is -0.790. The van der Waals surface area contributed by atoms with Gasteiger partial charge in [0.1, 0.15) is 6.04 Å². The molecule has 2 aliphatic carbocycles. The van der Waals surface area contributed by atoms with Crippen LogP contribution in [0.5, 0.6) is 0 Å². The van der Waals surface area contributed by atoms with Crippen molar-refractivity contribution >= 4 is 35.4 Å². The van der Waals surface area contributed by atoms with Crippen LogP contribution in [-0.2, 0) is 19.2 Å². The number of carbonyl (C=O) groups is 6. The van der Waals surface area contributed by atoms with Gasteiger partial charge in [-0.1, -0.05) is 138 Å². The zero-order valence-corrected chi connectivity index (χ0v) is 38.6. The Balaban J connectivity index is 0.908. The van der Waals surface area contributed by atoms with Gasteiger partial charge in [0.2, 0.25) is 23.6 Å². The van der Waals surface area contributed by atoms with Crippen molar-refractivity contribution in [2.75, 3.05) is 39.3 Å². The van der Waals surface area contributed by atoms with E-state index in [-0.39, 0.29) is 92.1 Å². The van der Waals surface area contributed by atoms with Crippen molar-refractivity contribution in [2.45, 2.75) is 134 Å². The third kappa shape index (κ3) is 12.9. The molecule has 12 heteroatoms. The second kappa shape index (κ2) is 23.1. The molecule has 0 unspecified atom stereocenters. The monoisotopic (exact) mass is 887 g/mol. The average Bonchev–Trinajstić information content (AvgIpc) is 4.24. The summed E-state index contributed by atoms with van der Waals surface area (Å²) in [4.78, 5) is 86.4. The van der Waals surface area contributed by atoms with E-state index >= 15 is 0 Å². The van der Waals surface area contributed by atoms with Gasteiger partial charge in [0, 0.05) is 74.7 Å². The highest BCUT2D eigenvalue weighted by Crippen LogP contribution is 2.42. The summed E-state index contributed by atoms with van der Waals surface area (Å²) in [5, 5.41) is 9.39. The SMILES string of the molecule is CCCCCCCCCCCCCCNC(=O)[C@H]1CN(C(=O)c2ccc(C(=O)N3C[C@@H](C(=O)N[C@H]4C[C@@H]4c4ccccc4)[C@H](C(=O)N[C@H]4C[C@@H]4c4ccccc4)C3)cc2)CCN1C(C)=O. The molecule has 3 N–H and O–H groups in total. The number of unbranched alkanes of at least 4 members (excludes halogenated alkanes) is 11. The molecule has 4 aliphatic rings. The number of carbonyl (C=O) groups excluding carboxylic acids is 6. The van der Waals surface area contributed by atoms with Crippen LogP contribution in [0.1, 0.15) is 147 Å². The zero-order chi connectivity index (χ0) is 45.7. The maximum absolute atomic E-state index is 14.0. The quantitative estimate of drug-likeness (QED) is 0.0910. The van der Waals surface area contributed by atoms with E-state index in [1.807, 2.05) is 36.4 Å². The minimum Gasteiger partial charge on any atom is -0.354 e. The van der Waals surface area contributed by atoms with Gasteiger partial charge in [-0.3, -0.25) is 28.8 Å². The first kappa shape index (κ1) is 47.4. The summed E-state index contributed by atoms with van der Waals surface area (Å²) >= 11 is 0. The Kier molecular flexibility index (Phi) is 16.9. The van der Waals surface area contributed by atoms with E-state index in [0.29, 0.717) is 17.7 Å². The van der Waals surface area contributed by atoms with Crippen LogP contribution in [0, 0.1) is 11.8 Å². The van der Waals surface area contributed by atoms with Crippen molar-refractivity contribution < 1.29 is 28.8 Å². The topological polar surface area (TPSA) is 148 Å². The van der Waals surface area contributed by atoms with Crippen molar-refractivity contribution in [1.82, 2.24) is 30.7 Å². The number of hydrogen-bond acceptors (Lipinski definition) is 6. The Labute approximate surface area is 385 Å². The molecule has 6 amide bonds. The Morgan fingerprint density at radius 2 is 0.969 bits per heavy atom. The van der Waals surface area contributed by atoms with E-state index in [1.54, 1.807) is 39.0 Å². The van der Waals surface area contributed by atoms with Gasteiger partial charge < -0.3 is 30.7 Å². The molecule has 4 fully saturated rings. The lowest BCUT2D eigenvalue weighted by Crippen LogP contribution is -2.61. The fourth-order valence-electron chi connectivity index (χ4n) is 9.91. The van der Waals surface area contributed by atoms with Gasteiger partial charge in [0.05, 0.1) is 18.4 Å². The number of amides is 6. The third-order valence-corrected chi connectivity index (χ3v) is 14.1. The van der Waals surface area contributed by atoms with Gasteiger partial charge >= 0.3 is 0 Å². The predicted molar refractivity (Wildman–Crippen MR) is 252 cm³/mol. The fourth-order valence-corrected chi connectivity index (χ4v) is 9.91. The molecular formula is C53H70N6O6. The van der Waals surface area contributed by atoms with Crippen molar-refractivity contribution in [3.8, 4) is 0 Å². The molecule has 7 rings (SSSR count). The standard InChI is InChI=1S/C53H70N6O6/c1-3-4-5-6-7-8-9-10-11-12-13-20-29-54-51(63)48-36-57(30-31-59(48)37(2)60)52(64)40-25-27-41(28-26-40)53(65)58-34-44(49(61)55-46-32-42(46)38-21-16-14-17-22-38)45(35-58)50(62)56-47-33-43(47)39-23-18-15-19-24-39/h14-19,21-28,42-48H,3-13,20,29-36H2,1-2H3,(H,54,63)(H,55,61)(H,56,62)/t42-,43-,44-,45-,46+,47+,48-/m1/s1. The third-order valence-electron chi connectivity index (χ3n) is 14.1. The first-order chi connectivity index (χ1) is 31.6. The van der Waals surface area contributed by atoms with Crippen LogP contribution in [0.3, 0.4) is 0 Å². The number of nitrogens with zero attached hydrogens (tertiary/aromatic N) is 3. The van der Waals surface area contributed by atoms with E-state index in [2.05, 4.69) is 47.1 Å². The van der Waals surface area contributed by atoms with Crippen molar-refractivity contribution in [1.29, 1.82) is 0 Å². The number of rotatable bonds is 22. The Hall–Kier alpha value is -5.52. The molecule has 0 aromatic heterocycles. The van der Waals surface area contributed by atoms with Crippen LogP contribution >= 0.6 is 0 Å². The van der Waals surface area contributed by atoms with Crippen LogP contribution < -0.4 is 16.0 Å². The first-order valence-electron chi connectivity index (χ1n) is 24.6. The van der Waals surface area contributed by atoms with Gasteiger partial charge in [0.15, 0.2) is 0 Å². The van der Waals surface area contributed by atoms with Crippen LogP contribution in [0.4, 0.5) is 0 Å². The summed E-state index contributed by atoms with van der Waals surface area (Å²) in [6.07, 6.45) is 16.4. The number of benzene rings is 3. The summed E-state index contributed by atoms with van der Waals surface area (Å²) in [6, 6.07) is 25.7. The molecule has 2 heterocycles. The van der Waals surface area contributed by atoms with E-state index in [9.17, 15) is 28.8 Å². The summed E-state index contributed by atoms with van der Waals surface area (Å²) in [7, 11) is 0. The molecule has 348 valence electrons. The summed E-state index contributed by atoms with van der Waals surface area (Å²) in [5.74, 6) is -2.50. The lowest BCUT2D eigenvalue weighted by atomic mass is 9.94. The largest absolute Gasteiger partial charge is 0.354 e. The Bertz CT molecular complexity index is 2010. The van der Waals surface area contributed by atoms with Crippen LogP contribution in [0.25, 0.3) is 0 Å². The molecule has 2 aliphatic heterocycles. The number of hydrogen-bond donors (Lipinski definition) is 3. The number of nitrogens with one attached hydrogen (secondary N) is 3. The van der Waals surface area contributed by atoms with E-state index in [0.717, 1.165) is 32.1 Å². The van der Waals surface area contributed by atoms with Gasteiger partial charge in [-0.2, -0.15) is 0 Å². The minimum absolute atomic E-state index is 0.0199. The molecule has 12 nitrogen and oxygen atoms in total. The average molecular weight is 887 g/mol. The van der Waals surface area contributed by atoms with Gasteiger partial charge in [0.25, 0.3) is 11.8 Å². The first-order valence-corrected chi connectivity index (χ1v) is 24.6. The number of piperazine rings is 1. The molecule has 0 spiro atoms. The molecule has 2 saturated heterocycles. The lowest BCUT2D eigenvalue weighted by Gasteiger charge is -2.40. The van der Waals surface area contributed by atoms with Gasteiger partial charge in [-0.05, 0) is 54.7 Å². The maximum atomic E-state index is 14.0. The van der Waals surface area contributed by atoms with Crippen molar-refractivity contribution in [2.24, 2.45) is 11.8 Å².